The minimum atomic E-state index is 0.357. The number of rotatable bonds is 6. The Morgan fingerprint density at radius 2 is 1.93 bits per heavy atom. The van der Waals surface area contributed by atoms with Crippen molar-refractivity contribution in [3.8, 4) is 0 Å². The summed E-state index contributed by atoms with van der Waals surface area (Å²) in [5.41, 5.74) is 1.27. The van der Waals surface area contributed by atoms with Crippen LogP contribution in [0.15, 0.2) is 30.3 Å². The fourth-order valence-corrected chi connectivity index (χ4v) is 1.72. The highest BCUT2D eigenvalue weighted by Gasteiger charge is 2.09. The standard InChI is InChI=1S/C14H20O/c1-3-4-10-14(15)11-12(2)13-8-6-5-7-9-13/h5-9,12H,3-4,10-11H2,1-2H3. The van der Waals surface area contributed by atoms with Gasteiger partial charge in [0.25, 0.3) is 0 Å². The second-order valence-electron chi connectivity index (χ2n) is 4.16. The summed E-state index contributed by atoms with van der Waals surface area (Å²) >= 11 is 0. The Hall–Kier alpha value is -1.11. The molecule has 0 aliphatic rings. The first-order valence-corrected chi connectivity index (χ1v) is 5.80. The normalized spacial score (nSPS) is 12.4. The molecule has 82 valence electrons. The maximum absolute atomic E-state index is 11.6. The lowest BCUT2D eigenvalue weighted by Gasteiger charge is -2.10. The molecule has 0 aromatic heterocycles. The van der Waals surface area contributed by atoms with Crippen molar-refractivity contribution in [3.05, 3.63) is 35.9 Å². The SMILES string of the molecule is CCCCC(=O)CC(C)c1ccccc1. The van der Waals surface area contributed by atoms with E-state index < -0.39 is 0 Å². The van der Waals surface area contributed by atoms with E-state index in [1.807, 2.05) is 18.2 Å². The van der Waals surface area contributed by atoms with Crippen LogP contribution in [0, 0.1) is 0 Å². The molecule has 15 heavy (non-hydrogen) atoms. The Bertz CT molecular complexity index is 289. The maximum Gasteiger partial charge on any atom is 0.133 e. The molecule has 1 aromatic rings. The number of benzene rings is 1. The van der Waals surface area contributed by atoms with Crippen LogP contribution in [0.2, 0.25) is 0 Å². The molecule has 1 nitrogen and oxygen atoms in total. The largest absolute Gasteiger partial charge is 0.300 e. The highest BCUT2D eigenvalue weighted by atomic mass is 16.1. The molecule has 0 spiro atoms. The molecule has 0 heterocycles. The molecular weight excluding hydrogens is 184 g/mol. The maximum atomic E-state index is 11.6. The van der Waals surface area contributed by atoms with Crippen molar-refractivity contribution in [3.63, 3.8) is 0 Å². The van der Waals surface area contributed by atoms with E-state index in [1.165, 1.54) is 5.56 Å². The first-order valence-electron chi connectivity index (χ1n) is 5.80. The third-order valence-electron chi connectivity index (χ3n) is 2.71. The number of unbranched alkanes of at least 4 members (excludes halogenated alkanes) is 1. The second kappa shape index (κ2) is 6.39. The molecule has 1 atom stereocenters. The first-order chi connectivity index (χ1) is 7.24. The Morgan fingerprint density at radius 1 is 1.27 bits per heavy atom. The number of carbonyl (C=O) groups excluding carboxylic acids is 1. The van der Waals surface area contributed by atoms with Gasteiger partial charge in [-0.3, -0.25) is 4.79 Å². The number of ketones is 1. The molecule has 0 bridgehead atoms. The van der Waals surface area contributed by atoms with Crippen molar-refractivity contribution in [2.45, 2.75) is 45.4 Å². The summed E-state index contributed by atoms with van der Waals surface area (Å²) in [5.74, 6) is 0.753. The van der Waals surface area contributed by atoms with Gasteiger partial charge in [0.05, 0.1) is 0 Å². The van der Waals surface area contributed by atoms with Gasteiger partial charge in [0.15, 0.2) is 0 Å². The Morgan fingerprint density at radius 3 is 2.53 bits per heavy atom. The lowest BCUT2D eigenvalue weighted by atomic mass is 9.94. The van der Waals surface area contributed by atoms with Crippen molar-refractivity contribution < 1.29 is 4.79 Å². The van der Waals surface area contributed by atoms with Crippen LogP contribution < -0.4 is 0 Å². The van der Waals surface area contributed by atoms with Gasteiger partial charge in [-0.25, -0.2) is 0 Å². The number of Topliss-reactive ketones (excluding diaryl/α,β-unsaturated/α-hetero) is 1. The summed E-state index contributed by atoms with van der Waals surface area (Å²) in [6.07, 6.45) is 3.56. The van der Waals surface area contributed by atoms with Gasteiger partial charge in [0.1, 0.15) is 5.78 Å². The smallest absolute Gasteiger partial charge is 0.133 e. The minimum Gasteiger partial charge on any atom is -0.300 e. The van der Waals surface area contributed by atoms with Gasteiger partial charge < -0.3 is 0 Å². The van der Waals surface area contributed by atoms with Crippen LogP contribution in [-0.2, 0) is 4.79 Å². The van der Waals surface area contributed by atoms with E-state index in [0.717, 1.165) is 19.3 Å². The van der Waals surface area contributed by atoms with Crippen LogP contribution in [0.1, 0.15) is 51.0 Å². The molecule has 0 amide bonds. The van der Waals surface area contributed by atoms with Crippen LogP contribution in [-0.4, -0.2) is 5.78 Å². The molecule has 0 fully saturated rings. The van der Waals surface area contributed by atoms with Gasteiger partial charge in [-0.1, -0.05) is 50.6 Å². The van der Waals surface area contributed by atoms with E-state index in [1.54, 1.807) is 0 Å². The summed E-state index contributed by atoms with van der Waals surface area (Å²) in [5, 5.41) is 0. The zero-order valence-corrected chi connectivity index (χ0v) is 9.70. The van der Waals surface area contributed by atoms with Crippen molar-refractivity contribution in [1.82, 2.24) is 0 Å². The molecule has 1 aromatic carbocycles. The number of hydrogen-bond donors (Lipinski definition) is 0. The molecule has 1 rings (SSSR count). The van der Waals surface area contributed by atoms with Crippen molar-refractivity contribution in [1.29, 1.82) is 0 Å². The zero-order valence-electron chi connectivity index (χ0n) is 9.70. The van der Waals surface area contributed by atoms with Crippen LogP contribution in [0.3, 0.4) is 0 Å². The fraction of sp³-hybridized carbons (Fsp3) is 0.500. The van der Waals surface area contributed by atoms with E-state index in [4.69, 9.17) is 0 Å². The molecule has 1 heteroatoms. The predicted molar refractivity (Wildman–Crippen MR) is 64.0 cm³/mol. The van der Waals surface area contributed by atoms with E-state index >= 15 is 0 Å². The summed E-state index contributed by atoms with van der Waals surface area (Å²) in [6, 6.07) is 10.3. The van der Waals surface area contributed by atoms with Crippen LogP contribution in [0.5, 0.6) is 0 Å². The molecule has 0 saturated carbocycles. The summed E-state index contributed by atoms with van der Waals surface area (Å²) in [7, 11) is 0. The lowest BCUT2D eigenvalue weighted by Crippen LogP contribution is -2.04. The van der Waals surface area contributed by atoms with Gasteiger partial charge >= 0.3 is 0 Å². The van der Waals surface area contributed by atoms with Crippen molar-refractivity contribution >= 4 is 5.78 Å². The summed E-state index contributed by atoms with van der Waals surface area (Å²) in [4.78, 5) is 11.6. The monoisotopic (exact) mass is 204 g/mol. The van der Waals surface area contributed by atoms with E-state index in [0.29, 0.717) is 18.1 Å². The Kier molecular flexibility index (Phi) is 5.09. The molecular formula is C14H20O. The lowest BCUT2D eigenvalue weighted by molar-refractivity contribution is -0.119. The fourth-order valence-electron chi connectivity index (χ4n) is 1.72. The average Bonchev–Trinajstić information content (AvgIpc) is 2.27. The predicted octanol–water partition coefficient (Wildman–Crippen LogP) is 3.94. The second-order valence-corrected chi connectivity index (χ2v) is 4.16. The summed E-state index contributed by atoms with van der Waals surface area (Å²) < 4.78 is 0. The van der Waals surface area contributed by atoms with E-state index in [2.05, 4.69) is 26.0 Å². The Balaban J connectivity index is 2.42. The average molecular weight is 204 g/mol. The van der Waals surface area contributed by atoms with Crippen LogP contribution >= 0.6 is 0 Å². The topological polar surface area (TPSA) is 17.1 Å². The van der Waals surface area contributed by atoms with Gasteiger partial charge in [0, 0.05) is 12.8 Å². The third-order valence-corrected chi connectivity index (χ3v) is 2.71. The number of hydrogen-bond acceptors (Lipinski definition) is 1. The first kappa shape index (κ1) is 12.0. The van der Waals surface area contributed by atoms with E-state index in [-0.39, 0.29) is 0 Å². The van der Waals surface area contributed by atoms with Gasteiger partial charge in [-0.05, 0) is 17.9 Å². The van der Waals surface area contributed by atoms with Crippen molar-refractivity contribution in [2.24, 2.45) is 0 Å². The van der Waals surface area contributed by atoms with Gasteiger partial charge in [0.2, 0.25) is 0 Å². The third kappa shape index (κ3) is 4.28. The number of carbonyl (C=O) groups is 1. The van der Waals surface area contributed by atoms with Crippen LogP contribution in [0.25, 0.3) is 0 Å². The molecule has 0 saturated heterocycles. The highest BCUT2D eigenvalue weighted by molar-refractivity contribution is 5.79. The molecule has 0 aliphatic heterocycles. The molecule has 0 N–H and O–H groups in total. The molecule has 1 unspecified atom stereocenters. The van der Waals surface area contributed by atoms with Crippen LogP contribution in [0.4, 0.5) is 0 Å². The minimum absolute atomic E-state index is 0.357. The van der Waals surface area contributed by atoms with Crippen molar-refractivity contribution in [2.75, 3.05) is 0 Å². The van der Waals surface area contributed by atoms with Gasteiger partial charge in [-0.2, -0.15) is 0 Å². The van der Waals surface area contributed by atoms with E-state index in [9.17, 15) is 4.79 Å². The summed E-state index contributed by atoms with van der Waals surface area (Å²) in [6.45, 7) is 4.24. The zero-order chi connectivity index (χ0) is 11.1. The molecule has 0 aliphatic carbocycles. The van der Waals surface area contributed by atoms with Gasteiger partial charge in [-0.15, -0.1) is 0 Å². The highest BCUT2D eigenvalue weighted by Crippen LogP contribution is 2.19. The molecule has 0 radical (unpaired) electrons. The Labute approximate surface area is 92.5 Å². The quantitative estimate of drug-likeness (QED) is 0.686.